The number of Topliss-reactive ketones (excluding diaryl/α,β-unsaturated/α-hetero) is 1. The molecule has 27 heavy (non-hydrogen) atoms. The van der Waals surface area contributed by atoms with Crippen LogP contribution in [0.2, 0.25) is 0 Å². The zero-order valence-corrected chi connectivity index (χ0v) is 17.3. The molecule has 0 bridgehead atoms. The van der Waals surface area contributed by atoms with Crippen molar-refractivity contribution in [1.82, 2.24) is 0 Å². The molecular weight excluding hydrogens is 392 g/mol. The first-order valence-electron chi connectivity index (χ1n) is 8.29. The topological polar surface area (TPSA) is 103 Å². The van der Waals surface area contributed by atoms with Crippen LogP contribution in [0.1, 0.15) is 72.1 Å². The number of hydrogen-bond donors (Lipinski definition) is 0. The van der Waals surface area contributed by atoms with E-state index in [1.807, 2.05) is 6.42 Å². The minimum Gasteiger partial charge on any atom is 0 e. The van der Waals surface area contributed by atoms with Gasteiger partial charge in [0.15, 0.2) is 0 Å². The summed E-state index contributed by atoms with van der Waals surface area (Å²) in [5.74, 6) is -0.00708. The molecular formula is C20H28FeO6-. The average molecular weight is 420 g/mol. The Morgan fingerprint density at radius 1 is 0.963 bits per heavy atom. The molecule has 0 amide bonds. The molecule has 0 rings (SSSR count). The van der Waals surface area contributed by atoms with Gasteiger partial charge in [-0.25, -0.2) is 0 Å². The van der Waals surface area contributed by atoms with Crippen LogP contribution in [-0.4, -0.2) is 17.9 Å². The maximum Gasteiger partial charge on any atom is 0 e. The fourth-order valence-corrected chi connectivity index (χ4v) is 2.22. The standard InChI is InChI=1S/C17H28O3.3CO.Fe/c1-4-6-8-12-17(20-15-18,13-9-7-5-2)14-10-11-16(3)19;3*1-2;/h10-11,14H,4-9,12-13H2,1-3H3;;;;/q-1;;;;. The zero-order valence-electron chi connectivity index (χ0n) is 16.2. The fraction of sp³-hybridized carbons (Fsp3) is 0.600. The Balaban J connectivity index is -0.000000208. The Morgan fingerprint density at radius 2 is 1.37 bits per heavy atom. The number of carbonyl (C=O) groups is 1. The molecule has 0 unspecified atom stereocenters. The molecule has 6 nitrogen and oxygen atoms in total. The van der Waals surface area contributed by atoms with Crippen LogP contribution < -0.4 is 0 Å². The Morgan fingerprint density at radius 3 is 1.67 bits per heavy atom. The van der Waals surface area contributed by atoms with Crippen molar-refractivity contribution in [2.24, 2.45) is 0 Å². The van der Waals surface area contributed by atoms with Crippen molar-refractivity contribution < 1.29 is 45.4 Å². The van der Waals surface area contributed by atoms with Crippen LogP contribution in [0.3, 0.4) is 0 Å². The minimum absolute atomic E-state index is 0. The fourth-order valence-electron chi connectivity index (χ4n) is 2.22. The molecule has 0 saturated heterocycles. The van der Waals surface area contributed by atoms with E-state index in [-0.39, 0.29) is 22.9 Å². The van der Waals surface area contributed by atoms with E-state index in [0.29, 0.717) is 0 Å². The van der Waals surface area contributed by atoms with Crippen molar-refractivity contribution in [3.05, 3.63) is 39.2 Å². The molecule has 0 aromatic rings. The number of rotatable bonds is 14. The first-order valence-corrected chi connectivity index (χ1v) is 8.29. The van der Waals surface area contributed by atoms with Crippen molar-refractivity contribution in [3.63, 3.8) is 0 Å². The molecule has 0 aliphatic heterocycles. The molecule has 0 aliphatic carbocycles. The van der Waals surface area contributed by atoms with Gasteiger partial charge in [-0.15, -0.1) is 0 Å². The van der Waals surface area contributed by atoms with E-state index in [2.05, 4.69) is 33.8 Å². The average Bonchev–Trinajstić information content (AvgIpc) is 2.67. The van der Waals surface area contributed by atoms with Gasteiger partial charge >= 0.3 is 33.9 Å². The molecule has 3 radical (unpaired) electrons. The Kier molecular flexibility index (Phi) is 44.3. The predicted molar refractivity (Wildman–Crippen MR) is 93.2 cm³/mol. The van der Waals surface area contributed by atoms with Gasteiger partial charge in [-0.1, -0.05) is 46.0 Å². The van der Waals surface area contributed by atoms with Crippen LogP contribution in [0.15, 0.2) is 0 Å². The molecule has 153 valence electrons. The van der Waals surface area contributed by atoms with Crippen LogP contribution in [0, 0.1) is 39.2 Å². The maximum atomic E-state index is 11.0. The third-order valence-corrected chi connectivity index (χ3v) is 3.38. The molecule has 0 saturated carbocycles. The van der Waals surface area contributed by atoms with Crippen LogP contribution in [-0.2, 0) is 45.4 Å². The van der Waals surface area contributed by atoms with Crippen LogP contribution >= 0.6 is 0 Å². The van der Waals surface area contributed by atoms with E-state index in [9.17, 15) is 9.59 Å². The number of unbranched alkanes of at least 4 members (excludes halogenated alkanes) is 4. The summed E-state index contributed by atoms with van der Waals surface area (Å²) in [7, 11) is 0. The zero-order chi connectivity index (χ0) is 21.3. The summed E-state index contributed by atoms with van der Waals surface area (Å²) in [6, 6.07) is 0. The number of carbonyl (C=O) groups excluding carboxylic acids is 2. The molecule has 0 aromatic heterocycles. The molecule has 0 spiro atoms. The first-order chi connectivity index (χ1) is 12.6. The Labute approximate surface area is 174 Å². The van der Waals surface area contributed by atoms with Crippen molar-refractivity contribution in [3.8, 4) is 0 Å². The first kappa shape index (κ1) is 36.7. The smallest absolute Gasteiger partial charge is 0 e. The summed E-state index contributed by atoms with van der Waals surface area (Å²) in [5, 5.41) is 0. The molecule has 7 heteroatoms. The van der Waals surface area contributed by atoms with E-state index in [0.717, 1.165) is 51.4 Å². The summed E-state index contributed by atoms with van der Waals surface area (Å²) in [5.41, 5.74) is -0.599. The van der Waals surface area contributed by atoms with Crippen LogP contribution in [0.4, 0.5) is 0 Å². The molecule has 0 aromatic carbocycles. The van der Waals surface area contributed by atoms with Gasteiger partial charge in [0.25, 0.3) is 0 Å². The van der Waals surface area contributed by atoms with Crippen LogP contribution in [0.25, 0.3) is 0 Å². The summed E-state index contributed by atoms with van der Waals surface area (Å²) in [4.78, 5) is 21.7. The maximum absolute atomic E-state index is 11.0. The van der Waals surface area contributed by atoms with Crippen molar-refractivity contribution in [2.75, 3.05) is 0 Å². The predicted octanol–water partition coefficient (Wildman–Crippen LogP) is 4.06. The number of ketones is 1. The van der Waals surface area contributed by atoms with Crippen molar-refractivity contribution >= 4 is 12.3 Å². The molecule has 0 aliphatic rings. The van der Waals surface area contributed by atoms with Gasteiger partial charge < -0.3 is 9.53 Å². The summed E-state index contributed by atoms with van der Waals surface area (Å²) < 4.78 is 27.8. The summed E-state index contributed by atoms with van der Waals surface area (Å²) >= 11 is 0. The third kappa shape index (κ3) is 27.2. The summed E-state index contributed by atoms with van der Waals surface area (Å²) in [6.45, 7) is 20.9. The van der Waals surface area contributed by atoms with Gasteiger partial charge in [0, 0.05) is 29.9 Å². The number of ether oxygens (including phenoxy) is 1. The van der Waals surface area contributed by atoms with Crippen molar-refractivity contribution in [2.45, 2.75) is 77.7 Å². The molecule has 0 N–H and O–H groups in total. The van der Waals surface area contributed by atoms with E-state index < -0.39 is 5.60 Å². The Hall–Kier alpha value is -1.12. The quantitative estimate of drug-likeness (QED) is 0.183. The van der Waals surface area contributed by atoms with Gasteiger partial charge in [-0.3, -0.25) is 4.79 Å². The minimum atomic E-state index is -0.599. The summed E-state index contributed by atoms with van der Waals surface area (Å²) in [6.07, 6.45) is 13.1. The largest absolute Gasteiger partial charge is 0 e. The van der Waals surface area contributed by atoms with E-state index in [1.165, 1.54) is 13.3 Å². The van der Waals surface area contributed by atoms with Gasteiger partial charge in [0.1, 0.15) is 5.78 Å². The second-order valence-electron chi connectivity index (χ2n) is 5.30. The van der Waals surface area contributed by atoms with Gasteiger partial charge in [0.05, 0.1) is 5.60 Å². The monoisotopic (exact) mass is 420 g/mol. The van der Waals surface area contributed by atoms with Crippen molar-refractivity contribution in [1.29, 1.82) is 0 Å². The Bertz CT molecular complexity index is 352. The molecule has 0 heterocycles. The van der Waals surface area contributed by atoms with Gasteiger partial charge in [-0.05, 0) is 39.0 Å². The van der Waals surface area contributed by atoms with Crippen LogP contribution in [0.5, 0.6) is 0 Å². The number of hydrogen-bond acceptors (Lipinski definition) is 3. The second kappa shape index (κ2) is 32.5. The second-order valence-corrected chi connectivity index (χ2v) is 5.30. The van der Waals surface area contributed by atoms with Gasteiger partial charge in [-0.2, -0.15) is 0 Å². The third-order valence-electron chi connectivity index (χ3n) is 3.38. The normalized spacial score (nSPS) is 8.63. The SMILES string of the molecule is CCCCCC([CH][CH][CH]C(C)=O)(CCCCC)O[C-]=O.[C-]#[O+].[C-]#[O+].[C-]#[O+].[Fe]. The van der Waals surface area contributed by atoms with E-state index in [1.54, 1.807) is 12.9 Å². The molecule has 0 fully saturated rings. The molecule has 0 atom stereocenters. The van der Waals surface area contributed by atoms with Gasteiger partial charge in [0.2, 0.25) is 0 Å². The van der Waals surface area contributed by atoms with E-state index >= 15 is 0 Å². The van der Waals surface area contributed by atoms with E-state index in [4.69, 9.17) is 18.7 Å².